The van der Waals surface area contributed by atoms with Crippen LogP contribution >= 0.6 is 0 Å². The molecule has 0 unspecified atom stereocenters. The average molecular weight is 206 g/mol. The van der Waals surface area contributed by atoms with Gasteiger partial charge in [0.05, 0.1) is 0 Å². The molecule has 1 fully saturated rings. The van der Waals surface area contributed by atoms with Crippen molar-refractivity contribution in [2.24, 2.45) is 5.92 Å². The lowest BCUT2D eigenvalue weighted by Crippen LogP contribution is -2.15. The van der Waals surface area contributed by atoms with E-state index >= 15 is 0 Å². The summed E-state index contributed by atoms with van der Waals surface area (Å²) in [7, 11) is 0. The highest BCUT2D eigenvalue weighted by Gasteiger charge is 2.12. The van der Waals surface area contributed by atoms with Gasteiger partial charge in [0.15, 0.2) is 0 Å². The molecule has 0 spiro atoms. The second kappa shape index (κ2) is 5.81. The average Bonchev–Trinajstić information content (AvgIpc) is 2.32. The number of nitrogens with zero attached hydrogens (tertiary/aromatic N) is 2. The van der Waals surface area contributed by atoms with Gasteiger partial charge in [-0.2, -0.15) is 0 Å². The molecular weight excluding hydrogens is 188 g/mol. The molecule has 3 nitrogen and oxygen atoms in total. The summed E-state index contributed by atoms with van der Waals surface area (Å²) in [6.45, 7) is 1.91. The molecule has 0 radical (unpaired) electrons. The molecule has 2 rings (SSSR count). The molecule has 1 aliphatic heterocycles. The predicted octanol–water partition coefficient (Wildman–Crippen LogP) is 2.23. The lowest BCUT2D eigenvalue weighted by atomic mass is 9.94. The first-order valence-corrected chi connectivity index (χ1v) is 5.78. The Morgan fingerprint density at radius 1 is 1.33 bits per heavy atom. The minimum atomic E-state index is 0.876. The molecule has 0 bridgehead atoms. The predicted molar refractivity (Wildman–Crippen MR) is 58.5 cm³/mol. The van der Waals surface area contributed by atoms with E-state index < -0.39 is 0 Å². The van der Waals surface area contributed by atoms with Crippen molar-refractivity contribution in [1.29, 1.82) is 0 Å². The van der Waals surface area contributed by atoms with Gasteiger partial charge in [0.2, 0.25) is 0 Å². The molecule has 0 aliphatic carbocycles. The highest BCUT2D eigenvalue weighted by molar-refractivity contribution is 4.97. The summed E-state index contributed by atoms with van der Waals surface area (Å²) in [4.78, 5) is 8.14. The van der Waals surface area contributed by atoms with Gasteiger partial charge in [-0.3, -0.25) is 0 Å². The molecule has 3 heteroatoms. The lowest BCUT2D eigenvalue weighted by Gasteiger charge is -2.21. The van der Waals surface area contributed by atoms with Crippen molar-refractivity contribution in [3.8, 4) is 0 Å². The fourth-order valence-corrected chi connectivity index (χ4v) is 2.07. The van der Waals surface area contributed by atoms with Crippen LogP contribution in [-0.2, 0) is 11.2 Å². The van der Waals surface area contributed by atoms with E-state index in [9.17, 15) is 0 Å². The Morgan fingerprint density at radius 3 is 2.93 bits per heavy atom. The molecule has 0 atom stereocenters. The van der Waals surface area contributed by atoms with Crippen LogP contribution in [0.15, 0.2) is 18.6 Å². The van der Waals surface area contributed by atoms with Crippen LogP contribution in [0, 0.1) is 5.92 Å². The van der Waals surface area contributed by atoms with Gasteiger partial charge in [-0.1, -0.05) is 0 Å². The quantitative estimate of drug-likeness (QED) is 0.757. The van der Waals surface area contributed by atoms with E-state index in [0.29, 0.717) is 0 Å². The number of ether oxygens (including phenoxy) is 1. The van der Waals surface area contributed by atoms with E-state index in [-0.39, 0.29) is 0 Å². The molecule has 0 saturated carbocycles. The Kier molecular flexibility index (Phi) is 4.09. The third-order valence-electron chi connectivity index (χ3n) is 3.03. The Balaban J connectivity index is 1.66. The summed E-state index contributed by atoms with van der Waals surface area (Å²) in [5.74, 6) is 0.876. The van der Waals surface area contributed by atoms with Crippen molar-refractivity contribution in [1.82, 2.24) is 9.97 Å². The van der Waals surface area contributed by atoms with Crippen LogP contribution in [0.3, 0.4) is 0 Å². The fourth-order valence-electron chi connectivity index (χ4n) is 2.07. The largest absolute Gasteiger partial charge is 0.381 e. The third kappa shape index (κ3) is 3.59. The number of rotatable bonds is 4. The van der Waals surface area contributed by atoms with Crippen molar-refractivity contribution in [2.75, 3.05) is 13.2 Å². The van der Waals surface area contributed by atoms with Crippen molar-refractivity contribution < 1.29 is 4.74 Å². The molecular formula is C12H18N2O. The van der Waals surface area contributed by atoms with Gasteiger partial charge < -0.3 is 4.74 Å². The summed E-state index contributed by atoms with van der Waals surface area (Å²) in [5, 5.41) is 0. The molecule has 0 N–H and O–H groups in total. The highest BCUT2D eigenvalue weighted by atomic mass is 16.5. The molecule has 15 heavy (non-hydrogen) atoms. The first-order chi connectivity index (χ1) is 7.45. The number of aryl methyl sites for hydroxylation is 1. The van der Waals surface area contributed by atoms with Crippen LogP contribution in [-0.4, -0.2) is 23.2 Å². The maximum absolute atomic E-state index is 5.34. The zero-order chi connectivity index (χ0) is 10.3. The first-order valence-electron chi connectivity index (χ1n) is 5.78. The minimum absolute atomic E-state index is 0.876. The second-order valence-corrected chi connectivity index (χ2v) is 4.15. The van der Waals surface area contributed by atoms with Gasteiger partial charge in [0, 0.05) is 25.1 Å². The van der Waals surface area contributed by atoms with Gasteiger partial charge in [-0.05, 0) is 44.1 Å². The van der Waals surface area contributed by atoms with Crippen LogP contribution in [0.4, 0.5) is 0 Å². The fraction of sp³-hybridized carbons (Fsp3) is 0.667. The smallest absolute Gasteiger partial charge is 0.115 e. The normalized spacial score (nSPS) is 17.9. The Bertz CT molecular complexity index is 270. The monoisotopic (exact) mass is 206 g/mol. The van der Waals surface area contributed by atoms with Gasteiger partial charge in [-0.25, -0.2) is 9.97 Å². The zero-order valence-electron chi connectivity index (χ0n) is 9.06. The Morgan fingerprint density at radius 2 is 2.20 bits per heavy atom. The van der Waals surface area contributed by atoms with E-state index in [1.165, 1.54) is 25.7 Å². The van der Waals surface area contributed by atoms with Crippen LogP contribution in [0.1, 0.15) is 31.4 Å². The van der Waals surface area contributed by atoms with E-state index in [2.05, 4.69) is 9.97 Å². The molecule has 1 aliphatic rings. The molecule has 2 heterocycles. The molecule has 1 saturated heterocycles. The number of hydrogen-bond acceptors (Lipinski definition) is 3. The van der Waals surface area contributed by atoms with Gasteiger partial charge in [-0.15, -0.1) is 0 Å². The SMILES string of the molecule is c1cc(CCCC2CCOCC2)ncn1. The van der Waals surface area contributed by atoms with Crippen LogP contribution in [0.2, 0.25) is 0 Å². The van der Waals surface area contributed by atoms with Crippen LogP contribution in [0.25, 0.3) is 0 Å². The molecule has 1 aromatic rings. The second-order valence-electron chi connectivity index (χ2n) is 4.15. The van der Waals surface area contributed by atoms with E-state index in [0.717, 1.165) is 31.2 Å². The maximum atomic E-state index is 5.34. The van der Waals surface area contributed by atoms with Gasteiger partial charge in [0.1, 0.15) is 6.33 Å². The van der Waals surface area contributed by atoms with Gasteiger partial charge >= 0.3 is 0 Å². The Hall–Kier alpha value is -0.960. The van der Waals surface area contributed by atoms with E-state index in [4.69, 9.17) is 4.74 Å². The Labute approximate surface area is 90.9 Å². The topological polar surface area (TPSA) is 35.0 Å². The van der Waals surface area contributed by atoms with Crippen molar-refractivity contribution in [2.45, 2.75) is 32.1 Å². The molecule has 82 valence electrons. The van der Waals surface area contributed by atoms with E-state index in [1.54, 1.807) is 6.33 Å². The minimum Gasteiger partial charge on any atom is -0.381 e. The molecule has 0 aromatic carbocycles. The summed E-state index contributed by atoms with van der Waals surface area (Å²) >= 11 is 0. The molecule has 0 amide bonds. The van der Waals surface area contributed by atoms with Gasteiger partial charge in [0.25, 0.3) is 0 Å². The van der Waals surface area contributed by atoms with E-state index in [1.807, 2.05) is 12.3 Å². The van der Waals surface area contributed by atoms with Crippen molar-refractivity contribution >= 4 is 0 Å². The zero-order valence-corrected chi connectivity index (χ0v) is 9.06. The summed E-state index contributed by atoms with van der Waals surface area (Å²) in [6, 6.07) is 2.00. The lowest BCUT2D eigenvalue weighted by molar-refractivity contribution is 0.0633. The van der Waals surface area contributed by atoms with Crippen LogP contribution in [0.5, 0.6) is 0 Å². The summed E-state index contributed by atoms with van der Waals surface area (Å²) in [5.41, 5.74) is 1.16. The molecule has 1 aromatic heterocycles. The first kappa shape index (κ1) is 10.6. The third-order valence-corrected chi connectivity index (χ3v) is 3.03. The van der Waals surface area contributed by atoms with Crippen molar-refractivity contribution in [3.05, 3.63) is 24.3 Å². The number of hydrogen-bond donors (Lipinski definition) is 0. The highest BCUT2D eigenvalue weighted by Crippen LogP contribution is 2.20. The summed E-state index contributed by atoms with van der Waals surface area (Å²) in [6.07, 6.45) is 9.56. The maximum Gasteiger partial charge on any atom is 0.115 e. The standard InChI is InChI=1S/C12H18N2O/c1(2-11-5-8-15-9-6-11)3-12-4-7-13-10-14-12/h4,7,10-11H,1-3,5-6,8-9H2. The summed E-state index contributed by atoms with van der Waals surface area (Å²) < 4.78 is 5.34. The van der Waals surface area contributed by atoms with Crippen molar-refractivity contribution in [3.63, 3.8) is 0 Å². The number of aromatic nitrogens is 2. The van der Waals surface area contributed by atoms with Crippen LogP contribution < -0.4 is 0 Å².